The van der Waals surface area contributed by atoms with E-state index in [9.17, 15) is 4.79 Å². The number of hydrogen-bond donors (Lipinski definition) is 1. The molecule has 3 aromatic rings. The van der Waals surface area contributed by atoms with Gasteiger partial charge in [-0.1, -0.05) is 6.07 Å². The molecule has 1 aromatic carbocycles. The molecule has 5 rings (SSSR count). The number of nitrogens with one attached hydrogen (secondary N) is 1. The lowest BCUT2D eigenvalue weighted by Crippen LogP contribution is -2.46. The lowest BCUT2D eigenvalue weighted by molar-refractivity contribution is 0.0535. The summed E-state index contributed by atoms with van der Waals surface area (Å²) in [6.45, 7) is 8.99. The third-order valence-corrected chi connectivity index (χ3v) is 6.70. The predicted octanol–water partition coefficient (Wildman–Crippen LogP) is 2.53. The number of rotatable bonds is 4. The molecule has 2 aromatic heterocycles. The van der Waals surface area contributed by atoms with Crippen LogP contribution in [0.5, 0.6) is 0 Å². The number of nitrogens with zero attached hydrogens (tertiary/aromatic N) is 6. The van der Waals surface area contributed by atoms with Crippen molar-refractivity contribution in [1.29, 1.82) is 5.26 Å². The molecule has 168 valence electrons. The van der Waals surface area contributed by atoms with Crippen LogP contribution in [0.1, 0.15) is 62.9 Å². The van der Waals surface area contributed by atoms with Gasteiger partial charge < -0.3 is 10.1 Å². The van der Waals surface area contributed by atoms with E-state index in [2.05, 4.69) is 45.3 Å². The van der Waals surface area contributed by atoms with E-state index in [1.807, 2.05) is 25.1 Å². The summed E-state index contributed by atoms with van der Waals surface area (Å²) in [5, 5.41) is 21.8. The topological polar surface area (TPSA) is 109 Å². The second kappa shape index (κ2) is 8.39. The maximum Gasteiger partial charge on any atom is 0.338 e. The standard InChI is InChI=1S/C24H25N7O2/c1-14-8-23(27-10-17(14)9-25)31-28-11-21(29-31)16(3)30-7-6-26-22(12-30)18-4-5-19-20(15(18)2)13-33-24(19)32/h4-5,8,10-11,16,22,26H,6-7,12-13H2,1-3H3/t16?,22-/m0/s1. The number of carbonyl (C=O) groups excluding carboxylic acids is 1. The monoisotopic (exact) mass is 443 g/mol. The average Bonchev–Trinajstić information content (AvgIpc) is 3.47. The lowest BCUT2D eigenvalue weighted by atomic mass is 9.93. The average molecular weight is 444 g/mol. The summed E-state index contributed by atoms with van der Waals surface area (Å²) in [5.41, 5.74) is 6.26. The SMILES string of the molecule is Cc1cc(-n2ncc(C(C)N3CCN[C@H](c4ccc5c(c4C)COC5=O)C3)n2)ncc1C#N. The molecule has 2 aliphatic rings. The molecule has 33 heavy (non-hydrogen) atoms. The Bertz CT molecular complexity index is 1280. The molecule has 0 amide bonds. The highest BCUT2D eigenvalue weighted by molar-refractivity contribution is 5.94. The Hall–Kier alpha value is -3.61. The molecule has 0 bridgehead atoms. The number of ether oxygens (including phenoxy) is 1. The zero-order valence-electron chi connectivity index (χ0n) is 18.9. The van der Waals surface area contributed by atoms with E-state index in [4.69, 9.17) is 10.00 Å². The van der Waals surface area contributed by atoms with Gasteiger partial charge in [-0.15, -0.1) is 4.80 Å². The number of piperazine rings is 1. The van der Waals surface area contributed by atoms with Crippen molar-refractivity contribution >= 4 is 5.97 Å². The summed E-state index contributed by atoms with van der Waals surface area (Å²) in [5.74, 6) is 0.357. The summed E-state index contributed by atoms with van der Waals surface area (Å²) in [7, 11) is 0. The minimum Gasteiger partial charge on any atom is -0.457 e. The number of hydrogen-bond acceptors (Lipinski definition) is 8. The molecule has 0 radical (unpaired) electrons. The van der Waals surface area contributed by atoms with Crippen LogP contribution in [0.4, 0.5) is 0 Å². The number of esters is 1. The summed E-state index contributed by atoms with van der Waals surface area (Å²) < 4.78 is 5.21. The Morgan fingerprint density at radius 1 is 1.30 bits per heavy atom. The molecule has 1 saturated heterocycles. The number of fused-ring (bicyclic) bond motifs is 1. The van der Waals surface area contributed by atoms with Gasteiger partial charge in [-0.2, -0.15) is 15.5 Å². The van der Waals surface area contributed by atoms with E-state index in [1.54, 1.807) is 12.4 Å². The van der Waals surface area contributed by atoms with Crippen LogP contribution in [-0.4, -0.2) is 50.5 Å². The van der Waals surface area contributed by atoms with Crippen molar-refractivity contribution in [2.24, 2.45) is 0 Å². The van der Waals surface area contributed by atoms with Crippen molar-refractivity contribution in [2.75, 3.05) is 19.6 Å². The second-order valence-corrected chi connectivity index (χ2v) is 8.59. The highest BCUT2D eigenvalue weighted by Crippen LogP contribution is 2.31. The van der Waals surface area contributed by atoms with E-state index in [1.165, 1.54) is 10.4 Å². The number of cyclic esters (lactones) is 1. The van der Waals surface area contributed by atoms with Gasteiger partial charge in [0.15, 0.2) is 5.82 Å². The van der Waals surface area contributed by atoms with E-state index in [0.29, 0.717) is 23.6 Å². The first-order chi connectivity index (χ1) is 16.0. The molecule has 9 nitrogen and oxygen atoms in total. The van der Waals surface area contributed by atoms with Crippen molar-refractivity contribution in [2.45, 2.75) is 39.5 Å². The fourth-order valence-electron chi connectivity index (χ4n) is 4.61. The number of carbonyl (C=O) groups is 1. The molecule has 2 aliphatic heterocycles. The van der Waals surface area contributed by atoms with Gasteiger partial charge in [0.05, 0.1) is 23.4 Å². The van der Waals surface area contributed by atoms with E-state index < -0.39 is 0 Å². The Morgan fingerprint density at radius 2 is 2.15 bits per heavy atom. The Kier molecular flexibility index (Phi) is 5.40. The van der Waals surface area contributed by atoms with Gasteiger partial charge in [0, 0.05) is 37.4 Å². The van der Waals surface area contributed by atoms with Gasteiger partial charge in [0.2, 0.25) is 0 Å². The third kappa shape index (κ3) is 3.77. The van der Waals surface area contributed by atoms with E-state index in [0.717, 1.165) is 42.0 Å². The molecule has 4 heterocycles. The van der Waals surface area contributed by atoms with Gasteiger partial charge in [0.1, 0.15) is 18.4 Å². The van der Waals surface area contributed by atoms with E-state index >= 15 is 0 Å². The van der Waals surface area contributed by atoms with Crippen molar-refractivity contribution in [3.05, 3.63) is 69.7 Å². The van der Waals surface area contributed by atoms with Crippen LogP contribution >= 0.6 is 0 Å². The molecule has 0 aliphatic carbocycles. The minimum absolute atomic E-state index is 0.0717. The molecule has 0 saturated carbocycles. The quantitative estimate of drug-likeness (QED) is 0.613. The Labute approximate surface area is 192 Å². The number of nitriles is 1. The molecule has 0 spiro atoms. The smallest absolute Gasteiger partial charge is 0.338 e. The summed E-state index contributed by atoms with van der Waals surface area (Å²) in [4.78, 5) is 20.1. The van der Waals surface area contributed by atoms with Crippen LogP contribution in [0, 0.1) is 25.2 Å². The van der Waals surface area contributed by atoms with Crippen molar-refractivity contribution < 1.29 is 9.53 Å². The maximum atomic E-state index is 11.9. The third-order valence-electron chi connectivity index (χ3n) is 6.70. The molecule has 1 fully saturated rings. The first-order valence-corrected chi connectivity index (χ1v) is 11.0. The van der Waals surface area contributed by atoms with Crippen LogP contribution in [0.25, 0.3) is 5.82 Å². The molecule has 1 N–H and O–H groups in total. The normalized spacial score (nSPS) is 19.1. The van der Waals surface area contributed by atoms with Crippen LogP contribution in [0.15, 0.2) is 30.6 Å². The molecular formula is C24H25N7O2. The van der Waals surface area contributed by atoms with Crippen LogP contribution in [-0.2, 0) is 11.3 Å². The fraction of sp³-hybridized carbons (Fsp3) is 0.375. The molecule has 2 atom stereocenters. The maximum absolute atomic E-state index is 11.9. The van der Waals surface area contributed by atoms with Crippen molar-refractivity contribution in [3.63, 3.8) is 0 Å². The largest absolute Gasteiger partial charge is 0.457 e. The molecule has 1 unspecified atom stereocenters. The zero-order valence-corrected chi connectivity index (χ0v) is 18.9. The fourth-order valence-corrected chi connectivity index (χ4v) is 4.61. The van der Waals surface area contributed by atoms with Gasteiger partial charge in [0.25, 0.3) is 0 Å². The second-order valence-electron chi connectivity index (χ2n) is 8.59. The van der Waals surface area contributed by atoms with Crippen LogP contribution in [0.3, 0.4) is 0 Å². The van der Waals surface area contributed by atoms with E-state index in [-0.39, 0.29) is 18.1 Å². The minimum atomic E-state index is -0.235. The highest BCUT2D eigenvalue weighted by Gasteiger charge is 2.30. The summed E-state index contributed by atoms with van der Waals surface area (Å²) >= 11 is 0. The highest BCUT2D eigenvalue weighted by atomic mass is 16.5. The molecule has 9 heteroatoms. The lowest BCUT2D eigenvalue weighted by Gasteiger charge is -2.37. The van der Waals surface area contributed by atoms with Crippen molar-refractivity contribution in [1.82, 2.24) is 30.2 Å². The van der Waals surface area contributed by atoms with Gasteiger partial charge in [-0.3, -0.25) is 4.90 Å². The Morgan fingerprint density at radius 3 is 2.94 bits per heavy atom. The summed E-state index contributed by atoms with van der Waals surface area (Å²) in [6, 6.07) is 8.10. The van der Waals surface area contributed by atoms with Gasteiger partial charge in [-0.05, 0) is 49.6 Å². The zero-order chi connectivity index (χ0) is 23.1. The number of aryl methyl sites for hydroxylation is 1. The molecular weight excluding hydrogens is 418 g/mol. The number of pyridine rings is 1. The predicted molar refractivity (Wildman–Crippen MR) is 120 cm³/mol. The number of aromatic nitrogens is 4. The van der Waals surface area contributed by atoms with Gasteiger partial charge >= 0.3 is 5.97 Å². The first kappa shape index (κ1) is 21.2. The van der Waals surface area contributed by atoms with Crippen LogP contribution in [0.2, 0.25) is 0 Å². The summed E-state index contributed by atoms with van der Waals surface area (Å²) in [6.07, 6.45) is 3.33. The first-order valence-electron chi connectivity index (χ1n) is 11.0. The number of benzene rings is 1. The van der Waals surface area contributed by atoms with Gasteiger partial charge in [-0.25, -0.2) is 9.78 Å². The Balaban J connectivity index is 1.34. The van der Waals surface area contributed by atoms with Crippen molar-refractivity contribution in [3.8, 4) is 11.9 Å². The van der Waals surface area contributed by atoms with Crippen LogP contribution < -0.4 is 5.32 Å².